The average Bonchev–Trinajstić information content (AvgIpc) is 1.93. The van der Waals surface area contributed by atoms with Crippen molar-refractivity contribution < 1.29 is 26.2 Å². The molecule has 0 amide bonds. The minimum absolute atomic E-state index is 0. The van der Waals surface area contributed by atoms with Crippen molar-refractivity contribution in [3.05, 3.63) is 39.7 Å². The number of halogens is 3. The smallest absolute Gasteiger partial charge is 0.0362 e. The van der Waals surface area contributed by atoms with Crippen molar-refractivity contribution in [2.24, 2.45) is 0 Å². The van der Waals surface area contributed by atoms with Crippen LogP contribution < -0.4 is 0 Å². The fourth-order valence-corrected chi connectivity index (χ4v) is 1.12. The van der Waals surface area contributed by atoms with Gasteiger partial charge in [0.1, 0.15) is 0 Å². The van der Waals surface area contributed by atoms with Crippen molar-refractivity contribution in [2.75, 3.05) is 0 Å². The molecule has 11 heavy (non-hydrogen) atoms. The molecule has 0 N–H and O–H groups in total. The van der Waals surface area contributed by atoms with Gasteiger partial charge in [-0.15, -0.1) is 0 Å². The molecule has 4 heteroatoms. The zero-order valence-electron chi connectivity index (χ0n) is 5.50. The van der Waals surface area contributed by atoms with E-state index in [4.69, 9.17) is 34.8 Å². The Morgan fingerprint density at radius 3 is 2.00 bits per heavy atom. The van der Waals surface area contributed by atoms with E-state index in [9.17, 15) is 0 Å². The Balaban J connectivity index is 0.000001000. The van der Waals surface area contributed by atoms with E-state index in [2.05, 4.69) is 6.92 Å². The van der Waals surface area contributed by atoms with Crippen LogP contribution >= 0.6 is 34.8 Å². The van der Waals surface area contributed by atoms with Crippen LogP contribution in [0.15, 0.2) is 12.1 Å². The molecule has 0 saturated carbocycles. The fraction of sp³-hybridized carbons (Fsp3) is 0. The van der Waals surface area contributed by atoms with Crippen LogP contribution in [0.25, 0.3) is 0 Å². The van der Waals surface area contributed by atoms with Crippen LogP contribution in [0, 0.1) is 6.92 Å². The summed E-state index contributed by atoms with van der Waals surface area (Å²) >= 11 is 17.0. The molecule has 0 radical (unpaired) electrons. The van der Waals surface area contributed by atoms with Gasteiger partial charge in [-0.3, -0.25) is 0 Å². The second kappa shape index (κ2) is 4.77. The average molecular weight is 286 g/mol. The van der Waals surface area contributed by atoms with Crippen LogP contribution in [0.5, 0.6) is 0 Å². The molecule has 0 unspecified atom stereocenters. The van der Waals surface area contributed by atoms with E-state index in [0.717, 1.165) is 0 Å². The number of hydrogen-bond donors (Lipinski definition) is 0. The Labute approximate surface area is 100.0 Å². The van der Waals surface area contributed by atoms with Gasteiger partial charge >= 0.3 is 0 Å². The zero-order valence-corrected chi connectivity index (χ0v) is 10.2. The molecule has 0 aliphatic carbocycles. The standard InChI is InChI=1S/C7H4Cl3.Zr/c1-4-2-3-5(8)7(10)6(4)9;/h2-3H,1H2;/q-1;. The Hall–Kier alpha value is 0.843. The second-order valence-electron chi connectivity index (χ2n) is 1.83. The summed E-state index contributed by atoms with van der Waals surface area (Å²) < 4.78 is 0. The predicted molar refractivity (Wildman–Crippen MR) is 45.9 cm³/mol. The predicted octanol–water partition coefficient (Wildman–Crippen LogP) is 3.83. The topological polar surface area (TPSA) is 0 Å². The van der Waals surface area contributed by atoms with Crippen LogP contribution in [0.1, 0.15) is 5.56 Å². The maximum atomic E-state index is 5.70. The van der Waals surface area contributed by atoms with Crippen LogP contribution in [0.4, 0.5) is 0 Å². The van der Waals surface area contributed by atoms with Crippen LogP contribution in [0.3, 0.4) is 0 Å². The first kappa shape index (κ1) is 11.8. The molecule has 0 aliphatic rings. The molecule has 1 aromatic carbocycles. The van der Waals surface area contributed by atoms with Gasteiger partial charge in [0, 0.05) is 36.2 Å². The van der Waals surface area contributed by atoms with Gasteiger partial charge in [0.2, 0.25) is 0 Å². The van der Waals surface area contributed by atoms with E-state index in [-0.39, 0.29) is 26.2 Å². The Kier molecular flexibility index (Phi) is 5.13. The normalized spacial score (nSPS) is 9.00. The summed E-state index contributed by atoms with van der Waals surface area (Å²) in [5.74, 6) is 0. The van der Waals surface area contributed by atoms with Crippen molar-refractivity contribution in [1.82, 2.24) is 0 Å². The van der Waals surface area contributed by atoms with Gasteiger partial charge in [-0.1, -0.05) is 29.3 Å². The summed E-state index contributed by atoms with van der Waals surface area (Å²) in [7, 11) is 0. The summed E-state index contributed by atoms with van der Waals surface area (Å²) in [6.07, 6.45) is 0. The summed E-state index contributed by atoms with van der Waals surface area (Å²) in [6, 6.07) is 3.38. The van der Waals surface area contributed by atoms with Crippen molar-refractivity contribution in [3.63, 3.8) is 0 Å². The van der Waals surface area contributed by atoms with E-state index in [0.29, 0.717) is 20.6 Å². The SMILES string of the molecule is [CH2-]c1ccc(Cl)c(Cl)c1Cl.[Zr]. The van der Waals surface area contributed by atoms with Crippen molar-refractivity contribution in [3.8, 4) is 0 Å². The second-order valence-corrected chi connectivity index (χ2v) is 3.00. The first-order valence-corrected chi connectivity index (χ1v) is 3.72. The quantitative estimate of drug-likeness (QED) is 0.502. The first-order valence-electron chi connectivity index (χ1n) is 2.58. The first-order chi connectivity index (χ1) is 4.63. The van der Waals surface area contributed by atoms with Crippen molar-refractivity contribution >= 4 is 34.8 Å². The van der Waals surface area contributed by atoms with Gasteiger partial charge < -0.3 is 0 Å². The summed E-state index contributed by atoms with van der Waals surface area (Å²) in [4.78, 5) is 0. The molecule has 0 aliphatic heterocycles. The Morgan fingerprint density at radius 1 is 1.00 bits per heavy atom. The summed E-state index contributed by atoms with van der Waals surface area (Å²) in [6.45, 7) is 3.65. The van der Waals surface area contributed by atoms with Crippen molar-refractivity contribution in [2.45, 2.75) is 0 Å². The molecule has 0 atom stereocenters. The van der Waals surface area contributed by atoms with Gasteiger partial charge in [0.05, 0.1) is 0 Å². The van der Waals surface area contributed by atoms with Gasteiger partial charge in [0.15, 0.2) is 0 Å². The fourth-order valence-electron chi connectivity index (χ4n) is 0.566. The minimum atomic E-state index is 0. The maximum Gasteiger partial charge on any atom is 0.0362 e. The molecule has 0 heterocycles. The number of benzene rings is 1. The molecule has 0 bridgehead atoms. The molecule has 0 aromatic heterocycles. The van der Waals surface area contributed by atoms with Gasteiger partial charge in [-0.2, -0.15) is 30.2 Å². The van der Waals surface area contributed by atoms with Gasteiger partial charge in [-0.05, 0) is 5.02 Å². The molecule has 0 saturated heterocycles. The minimum Gasteiger partial charge on any atom is -0.197 e. The molecular formula is C7H4Cl3Zr-. The molecule has 58 valence electrons. The summed E-state index contributed by atoms with van der Waals surface area (Å²) in [5.41, 5.74) is 0.691. The van der Waals surface area contributed by atoms with E-state index in [1.165, 1.54) is 0 Å². The monoisotopic (exact) mass is 283 g/mol. The molecule has 1 rings (SSSR count). The number of rotatable bonds is 0. The third-order valence-electron chi connectivity index (χ3n) is 1.12. The third-order valence-corrected chi connectivity index (χ3v) is 2.45. The molecule has 0 nitrogen and oxygen atoms in total. The van der Waals surface area contributed by atoms with Crippen LogP contribution in [-0.4, -0.2) is 0 Å². The molecular weight excluding hydrogens is 282 g/mol. The van der Waals surface area contributed by atoms with E-state index < -0.39 is 0 Å². The third kappa shape index (κ3) is 2.66. The number of hydrogen-bond acceptors (Lipinski definition) is 0. The largest absolute Gasteiger partial charge is 0.197 e. The van der Waals surface area contributed by atoms with Gasteiger partial charge in [-0.25, -0.2) is 0 Å². The van der Waals surface area contributed by atoms with E-state index >= 15 is 0 Å². The van der Waals surface area contributed by atoms with E-state index in [1.807, 2.05) is 0 Å². The van der Waals surface area contributed by atoms with Crippen LogP contribution in [-0.2, 0) is 26.2 Å². The van der Waals surface area contributed by atoms with Crippen LogP contribution in [0.2, 0.25) is 15.1 Å². The molecule has 0 fully saturated rings. The van der Waals surface area contributed by atoms with E-state index in [1.54, 1.807) is 12.1 Å². The molecule has 0 spiro atoms. The Morgan fingerprint density at radius 2 is 1.55 bits per heavy atom. The van der Waals surface area contributed by atoms with Gasteiger partial charge in [0.25, 0.3) is 0 Å². The zero-order chi connectivity index (χ0) is 7.72. The molecule has 1 aromatic rings. The summed E-state index contributed by atoms with van der Waals surface area (Å²) in [5, 5.41) is 1.25. The maximum absolute atomic E-state index is 5.70. The Bertz CT molecular complexity index is 233. The van der Waals surface area contributed by atoms with Crippen molar-refractivity contribution in [1.29, 1.82) is 0 Å².